The van der Waals surface area contributed by atoms with Crippen LogP contribution in [0.15, 0.2) is 18.2 Å². The van der Waals surface area contributed by atoms with Gasteiger partial charge < -0.3 is 10.4 Å². The Hall–Kier alpha value is -2.09. The summed E-state index contributed by atoms with van der Waals surface area (Å²) >= 11 is 1.50. The van der Waals surface area contributed by atoms with E-state index in [0.717, 1.165) is 6.07 Å². The number of thioether (sulfide) groups is 1. The van der Waals surface area contributed by atoms with Crippen molar-refractivity contribution in [2.45, 2.75) is 13.0 Å². The molecule has 108 valence electrons. The van der Waals surface area contributed by atoms with E-state index >= 15 is 0 Å². The number of nitrogens with one attached hydrogen (secondary N) is 1. The number of hydrogen-bond donors (Lipinski definition) is 2. The zero-order chi connectivity index (χ0) is 15.3. The number of rotatable bonds is 6. The summed E-state index contributed by atoms with van der Waals surface area (Å²) in [5.41, 5.74) is -1.32. The van der Waals surface area contributed by atoms with E-state index in [1.165, 1.54) is 23.9 Å². The van der Waals surface area contributed by atoms with Crippen molar-refractivity contribution in [1.82, 2.24) is 5.32 Å². The minimum absolute atomic E-state index is 0.223. The van der Waals surface area contributed by atoms with Crippen LogP contribution in [0.4, 0.5) is 5.69 Å². The predicted octanol–water partition coefficient (Wildman–Crippen LogP) is 1.77. The minimum atomic E-state index is -1.38. The summed E-state index contributed by atoms with van der Waals surface area (Å²) in [6, 6.07) is 3.30. The molecule has 1 aromatic rings. The van der Waals surface area contributed by atoms with Gasteiger partial charge in [-0.2, -0.15) is 11.8 Å². The second-order valence-electron chi connectivity index (χ2n) is 4.09. The quantitative estimate of drug-likeness (QED) is 0.612. The maximum Gasteiger partial charge on any atom is 0.336 e. The highest BCUT2D eigenvalue weighted by Crippen LogP contribution is 2.22. The fraction of sp³-hybridized carbons (Fsp3) is 0.333. The van der Waals surface area contributed by atoms with Gasteiger partial charge >= 0.3 is 5.97 Å². The summed E-state index contributed by atoms with van der Waals surface area (Å²) in [5, 5.41) is 22.6. The Bertz CT molecular complexity index is 514. The molecule has 0 aliphatic heterocycles. The van der Waals surface area contributed by atoms with Crippen LogP contribution in [0.25, 0.3) is 0 Å². The number of carbonyl (C=O) groups is 2. The Balaban J connectivity index is 3.22. The van der Waals surface area contributed by atoms with E-state index in [1.54, 1.807) is 6.92 Å². The molecular formula is C12H14N2O5S. The van der Waals surface area contributed by atoms with Gasteiger partial charge in [0.1, 0.15) is 5.56 Å². The maximum absolute atomic E-state index is 12.1. The van der Waals surface area contributed by atoms with Crippen LogP contribution >= 0.6 is 11.8 Å². The van der Waals surface area contributed by atoms with E-state index in [9.17, 15) is 19.7 Å². The molecule has 8 heteroatoms. The van der Waals surface area contributed by atoms with Crippen molar-refractivity contribution in [3.05, 3.63) is 39.4 Å². The molecule has 7 nitrogen and oxygen atoms in total. The van der Waals surface area contributed by atoms with Crippen molar-refractivity contribution in [2.75, 3.05) is 12.0 Å². The number of hydrogen-bond acceptors (Lipinski definition) is 5. The molecule has 1 aromatic carbocycles. The first-order chi connectivity index (χ1) is 9.38. The predicted molar refractivity (Wildman–Crippen MR) is 75.4 cm³/mol. The zero-order valence-electron chi connectivity index (χ0n) is 11.0. The second kappa shape index (κ2) is 6.90. The van der Waals surface area contributed by atoms with Crippen molar-refractivity contribution in [2.24, 2.45) is 0 Å². The Morgan fingerprint density at radius 3 is 2.65 bits per heavy atom. The number of nitrogens with zero attached hydrogens (tertiary/aromatic N) is 1. The molecule has 20 heavy (non-hydrogen) atoms. The summed E-state index contributed by atoms with van der Waals surface area (Å²) in [7, 11) is 0. The van der Waals surface area contributed by atoms with Crippen LogP contribution in [-0.4, -0.2) is 40.0 Å². The number of amides is 1. The number of carboxylic acids is 1. The Labute approximate surface area is 119 Å². The molecule has 0 aromatic heterocycles. The van der Waals surface area contributed by atoms with E-state index < -0.39 is 28.1 Å². The van der Waals surface area contributed by atoms with Crippen LogP contribution in [0, 0.1) is 10.1 Å². The third-order valence-electron chi connectivity index (χ3n) is 2.49. The largest absolute Gasteiger partial charge is 0.478 e. The van der Waals surface area contributed by atoms with Crippen molar-refractivity contribution >= 4 is 29.3 Å². The van der Waals surface area contributed by atoms with Crippen LogP contribution in [-0.2, 0) is 0 Å². The Morgan fingerprint density at radius 1 is 1.50 bits per heavy atom. The van der Waals surface area contributed by atoms with Gasteiger partial charge in [0, 0.05) is 17.9 Å². The third kappa shape index (κ3) is 3.70. The zero-order valence-corrected chi connectivity index (χ0v) is 11.8. The average molecular weight is 298 g/mol. The Kier molecular flexibility index (Phi) is 5.51. The number of carbonyl (C=O) groups excluding carboxylic acids is 1. The summed E-state index contributed by atoms with van der Waals surface area (Å²) in [4.78, 5) is 33.4. The van der Waals surface area contributed by atoms with Crippen LogP contribution in [0.1, 0.15) is 27.6 Å². The smallest absolute Gasteiger partial charge is 0.336 e. The van der Waals surface area contributed by atoms with Gasteiger partial charge in [-0.05, 0) is 19.2 Å². The fourth-order valence-electron chi connectivity index (χ4n) is 1.70. The van der Waals surface area contributed by atoms with Crippen molar-refractivity contribution in [3.8, 4) is 0 Å². The van der Waals surface area contributed by atoms with Gasteiger partial charge in [-0.25, -0.2) is 4.79 Å². The Morgan fingerprint density at radius 2 is 2.15 bits per heavy atom. The lowest BCUT2D eigenvalue weighted by Crippen LogP contribution is -2.35. The van der Waals surface area contributed by atoms with Gasteiger partial charge in [0.05, 0.1) is 10.5 Å². The summed E-state index contributed by atoms with van der Waals surface area (Å²) in [5.74, 6) is -1.51. The summed E-state index contributed by atoms with van der Waals surface area (Å²) in [6.45, 7) is 1.74. The minimum Gasteiger partial charge on any atom is -0.478 e. The number of benzene rings is 1. The van der Waals surface area contributed by atoms with E-state index in [-0.39, 0.29) is 11.6 Å². The number of carboxylic acid groups (broad SMARTS) is 1. The molecule has 0 spiro atoms. The first kappa shape index (κ1) is 16.0. The van der Waals surface area contributed by atoms with Gasteiger partial charge in [-0.1, -0.05) is 6.07 Å². The molecule has 0 fully saturated rings. The van der Waals surface area contributed by atoms with E-state index in [0.29, 0.717) is 5.75 Å². The van der Waals surface area contributed by atoms with Crippen LogP contribution in [0.3, 0.4) is 0 Å². The number of nitro benzene ring substituents is 1. The molecule has 2 N–H and O–H groups in total. The van der Waals surface area contributed by atoms with Gasteiger partial charge in [-0.15, -0.1) is 0 Å². The molecule has 0 heterocycles. The highest BCUT2D eigenvalue weighted by Gasteiger charge is 2.27. The highest BCUT2D eigenvalue weighted by molar-refractivity contribution is 7.98. The molecule has 0 bridgehead atoms. The topological polar surface area (TPSA) is 110 Å². The van der Waals surface area contributed by atoms with Crippen LogP contribution < -0.4 is 5.32 Å². The lowest BCUT2D eigenvalue weighted by atomic mass is 10.0. The molecule has 0 aliphatic rings. The van der Waals surface area contributed by atoms with Crippen molar-refractivity contribution in [1.29, 1.82) is 0 Å². The third-order valence-corrected chi connectivity index (χ3v) is 3.32. The summed E-state index contributed by atoms with van der Waals surface area (Å²) < 4.78 is 0. The molecule has 1 unspecified atom stereocenters. The normalized spacial score (nSPS) is 11.7. The SMILES string of the molecule is CSCC(C)NC(=O)c1c(C(=O)O)cccc1[N+](=O)[O-]. The van der Waals surface area contributed by atoms with Crippen LogP contribution in [0.2, 0.25) is 0 Å². The standard InChI is InChI=1S/C12H14N2O5S/c1-7(6-20-2)13-11(15)10-8(12(16)17)4-3-5-9(10)14(18)19/h3-5,7H,6H2,1-2H3,(H,13,15)(H,16,17). The maximum atomic E-state index is 12.1. The summed E-state index contributed by atoms with van der Waals surface area (Å²) in [6.07, 6.45) is 1.86. The molecule has 0 radical (unpaired) electrons. The lowest BCUT2D eigenvalue weighted by molar-refractivity contribution is -0.385. The fourth-order valence-corrected chi connectivity index (χ4v) is 2.28. The van der Waals surface area contributed by atoms with Gasteiger partial charge in [0.2, 0.25) is 0 Å². The first-order valence-corrected chi connectivity index (χ1v) is 7.08. The van der Waals surface area contributed by atoms with Crippen molar-refractivity contribution < 1.29 is 19.6 Å². The second-order valence-corrected chi connectivity index (χ2v) is 5.00. The van der Waals surface area contributed by atoms with Gasteiger partial charge in [0.25, 0.3) is 11.6 Å². The number of nitro groups is 1. The molecule has 1 atom stereocenters. The molecule has 0 saturated heterocycles. The lowest BCUT2D eigenvalue weighted by Gasteiger charge is -2.13. The number of aromatic carboxylic acids is 1. The van der Waals surface area contributed by atoms with Gasteiger partial charge in [-0.3, -0.25) is 14.9 Å². The first-order valence-electron chi connectivity index (χ1n) is 5.69. The van der Waals surface area contributed by atoms with Crippen LogP contribution in [0.5, 0.6) is 0 Å². The monoisotopic (exact) mass is 298 g/mol. The molecule has 1 rings (SSSR count). The molecule has 0 saturated carbocycles. The average Bonchev–Trinajstić information content (AvgIpc) is 2.37. The highest BCUT2D eigenvalue weighted by atomic mass is 32.2. The van der Waals surface area contributed by atoms with Gasteiger partial charge in [0.15, 0.2) is 0 Å². The molecular weight excluding hydrogens is 284 g/mol. The van der Waals surface area contributed by atoms with E-state index in [2.05, 4.69) is 5.32 Å². The van der Waals surface area contributed by atoms with E-state index in [1.807, 2.05) is 6.26 Å². The van der Waals surface area contributed by atoms with Crippen molar-refractivity contribution in [3.63, 3.8) is 0 Å². The molecule has 0 aliphatic carbocycles. The van der Waals surface area contributed by atoms with E-state index in [4.69, 9.17) is 5.11 Å². The molecule has 1 amide bonds.